The number of hydrogen-bond donors (Lipinski definition) is 1. The van der Waals surface area contributed by atoms with Crippen LogP contribution < -0.4 is 5.32 Å². The zero-order valence-corrected chi connectivity index (χ0v) is 15.2. The molecule has 7 nitrogen and oxygen atoms in total. The summed E-state index contributed by atoms with van der Waals surface area (Å²) in [5.74, 6) is -0.135. The number of nitro benzene ring substituents is 1. The average Bonchev–Trinajstić information content (AvgIpc) is 2.54. The summed E-state index contributed by atoms with van der Waals surface area (Å²) < 4.78 is 5.45. The molecule has 0 amide bonds. The highest BCUT2D eigenvalue weighted by molar-refractivity contribution is 5.73. The number of carbonyl (C=O) groups excluding carboxylic acids is 1. The van der Waals surface area contributed by atoms with Crippen molar-refractivity contribution in [3.05, 3.63) is 34.4 Å². The summed E-state index contributed by atoms with van der Waals surface area (Å²) in [6.07, 6.45) is 1.58. The summed E-state index contributed by atoms with van der Waals surface area (Å²) in [4.78, 5) is 25.0. The van der Waals surface area contributed by atoms with Crippen molar-refractivity contribution in [1.82, 2.24) is 4.90 Å². The Kier molecular flexibility index (Phi) is 6.36. The molecule has 2 rings (SSSR count). The van der Waals surface area contributed by atoms with E-state index in [0.717, 1.165) is 32.5 Å². The zero-order chi connectivity index (χ0) is 18.4. The lowest BCUT2D eigenvalue weighted by Gasteiger charge is -2.32. The quantitative estimate of drug-likeness (QED) is 0.483. The number of piperidine rings is 1. The van der Waals surface area contributed by atoms with E-state index in [4.69, 9.17) is 4.74 Å². The first-order chi connectivity index (χ1) is 11.8. The molecule has 1 aromatic rings. The maximum atomic E-state index is 12.1. The molecule has 0 radical (unpaired) electrons. The lowest BCUT2D eigenvalue weighted by Crippen LogP contribution is -2.40. The van der Waals surface area contributed by atoms with Crippen LogP contribution >= 0.6 is 0 Å². The van der Waals surface area contributed by atoms with Gasteiger partial charge in [-0.05, 0) is 52.8 Å². The van der Waals surface area contributed by atoms with Crippen LogP contribution in [-0.2, 0) is 9.53 Å². The average molecular weight is 349 g/mol. The Morgan fingerprint density at radius 3 is 2.56 bits per heavy atom. The van der Waals surface area contributed by atoms with Crippen LogP contribution in [0.1, 0.15) is 33.6 Å². The molecule has 0 bridgehead atoms. The number of benzene rings is 1. The fraction of sp³-hybridized carbons (Fsp3) is 0.611. The topological polar surface area (TPSA) is 84.7 Å². The molecule has 0 unspecified atom stereocenters. The van der Waals surface area contributed by atoms with Gasteiger partial charge in [-0.3, -0.25) is 14.9 Å². The van der Waals surface area contributed by atoms with E-state index in [2.05, 4.69) is 10.2 Å². The van der Waals surface area contributed by atoms with E-state index in [1.807, 2.05) is 20.8 Å². The molecule has 0 spiro atoms. The number of nitrogens with zero attached hydrogens (tertiary/aromatic N) is 2. The van der Waals surface area contributed by atoms with Crippen LogP contribution in [0, 0.1) is 16.0 Å². The second-order valence-electron chi connectivity index (χ2n) is 7.35. The molecule has 0 aromatic heterocycles. The monoisotopic (exact) mass is 349 g/mol. The number of nitrogens with one attached hydrogen (secondary N) is 1. The van der Waals surface area contributed by atoms with Crippen molar-refractivity contribution in [2.24, 2.45) is 5.92 Å². The second-order valence-corrected chi connectivity index (χ2v) is 7.35. The molecule has 138 valence electrons. The first kappa shape index (κ1) is 19.2. The zero-order valence-electron chi connectivity index (χ0n) is 15.2. The molecule has 1 N–H and O–H groups in total. The fourth-order valence-electron chi connectivity index (χ4n) is 2.91. The molecule has 0 atom stereocenters. The molecule has 7 heteroatoms. The van der Waals surface area contributed by atoms with Crippen molar-refractivity contribution in [2.75, 3.05) is 31.5 Å². The highest BCUT2D eigenvalue weighted by Crippen LogP contribution is 2.24. The fourth-order valence-corrected chi connectivity index (χ4v) is 2.91. The van der Waals surface area contributed by atoms with Gasteiger partial charge in [-0.25, -0.2) is 0 Å². The smallest absolute Gasteiger partial charge is 0.309 e. The van der Waals surface area contributed by atoms with Gasteiger partial charge in [0.05, 0.1) is 10.8 Å². The molecule has 1 aliphatic heterocycles. The van der Waals surface area contributed by atoms with Crippen molar-refractivity contribution in [2.45, 2.75) is 39.2 Å². The highest BCUT2D eigenvalue weighted by Gasteiger charge is 2.28. The normalized spacial score (nSPS) is 16.4. The van der Waals surface area contributed by atoms with Gasteiger partial charge in [0.1, 0.15) is 11.3 Å². The maximum absolute atomic E-state index is 12.1. The van der Waals surface area contributed by atoms with Gasteiger partial charge in [-0.2, -0.15) is 0 Å². The Morgan fingerprint density at radius 1 is 1.32 bits per heavy atom. The van der Waals surface area contributed by atoms with Crippen LogP contribution in [0.3, 0.4) is 0 Å². The predicted molar refractivity (Wildman–Crippen MR) is 96.6 cm³/mol. The molecule has 1 heterocycles. The van der Waals surface area contributed by atoms with Crippen LogP contribution in [0.15, 0.2) is 24.3 Å². The van der Waals surface area contributed by atoms with Gasteiger partial charge >= 0.3 is 5.97 Å². The van der Waals surface area contributed by atoms with Crippen LogP contribution in [-0.4, -0.2) is 47.6 Å². The molecular weight excluding hydrogens is 322 g/mol. The lowest BCUT2D eigenvalue weighted by atomic mass is 9.96. The van der Waals surface area contributed by atoms with Crippen molar-refractivity contribution in [3.8, 4) is 0 Å². The number of carbonyl (C=O) groups is 1. The Balaban J connectivity index is 1.74. The molecule has 1 saturated heterocycles. The Morgan fingerprint density at radius 2 is 1.96 bits per heavy atom. The van der Waals surface area contributed by atoms with E-state index in [1.54, 1.807) is 18.2 Å². The summed E-state index contributed by atoms with van der Waals surface area (Å²) in [6.45, 7) is 8.73. The van der Waals surface area contributed by atoms with E-state index in [1.165, 1.54) is 6.07 Å². The van der Waals surface area contributed by atoms with E-state index in [9.17, 15) is 14.9 Å². The SMILES string of the molecule is CC(C)(C)OC(=O)C1CCN(CCNc2ccccc2[N+](=O)[O-])CC1. The third-order valence-electron chi connectivity index (χ3n) is 4.17. The van der Waals surface area contributed by atoms with E-state index in [-0.39, 0.29) is 22.5 Å². The highest BCUT2D eigenvalue weighted by atomic mass is 16.6. The first-order valence-electron chi connectivity index (χ1n) is 8.69. The Bertz CT molecular complexity index is 605. The number of para-hydroxylation sites is 2. The van der Waals surface area contributed by atoms with E-state index in [0.29, 0.717) is 12.2 Å². The lowest BCUT2D eigenvalue weighted by molar-refractivity contribution is -0.384. The molecule has 1 fully saturated rings. The third kappa shape index (κ3) is 6.01. The van der Waals surface area contributed by atoms with Gasteiger partial charge in [-0.15, -0.1) is 0 Å². The maximum Gasteiger partial charge on any atom is 0.309 e. The number of likely N-dealkylation sites (tertiary alicyclic amines) is 1. The number of nitro groups is 1. The van der Waals surface area contributed by atoms with E-state index < -0.39 is 5.60 Å². The van der Waals surface area contributed by atoms with Gasteiger partial charge in [0, 0.05) is 19.2 Å². The molecular formula is C18H27N3O4. The second kappa shape index (κ2) is 8.29. The van der Waals surface area contributed by atoms with Gasteiger partial charge < -0.3 is 15.0 Å². The van der Waals surface area contributed by atoms with Crippen LogP contribution in [0.2, 0.25) is 0 Å². The van der Waals surface area contributed by atoms with Crippen molar-refractivity contribution in [1.29, 1.82) is 0 Å². The number of esters is 1. The van der Waals surface area contributed by atoms with Gasteiger partial charge in [-0.1, -0.05) is 12.1 Å². The number of hydrogen-bond acceptors (Lipinski definition) is 6. The molecule has 1 aromatic carbocycles. The summed E-state index contributed by atoms with van der Waals surface area (Å²) in [7, 11) is 0. The number of rotatable bonds is 6. The van der Waals surface area contributed by atoms with Gasteiger partial charge in [0.25, 0.3) is 5.69 Å². The minimum atomic E-state index is -0.442. The Hall–Kier alpha value is -2.15. The van der Waals surface area contributed by atoms with Crippen LogP contribution in [0.4, 0.5) is 11.4 Å². The Labute approximate surface area is 148 Å². The molecule has 25 heavy (non-hydrogen) atoms. The van der Waals surface area contributed by atoms with Crippen molar-refractivity contribution < 1.29 is 14.5 Å². The van der Waals surface area contributed by atoms with Gasteiger partial charge in [0.2, 0.25) is 0 Å². The minimum absolute atomic E-state index is 0.0290. The summed E-state index contributed by atoms with van der Waals surface area (Å²) in [6, 6.07) is 6.65. The number of ether oxygens (including phenoxy) is 1. The standard InChI is InChI=1S/C18H27N3O4/c1-18(2,3)25-17(22)14-8-11-20(12-9-14)13-10-19-15-6-4-5-7-16(15)21(23)24/h4-7,14,19H,8-13H2,1-3H3. The first-order valence-corrected chi connectivity index (χ1v) is 8.69. The summed E-state index contributed by atoms with van der Waals surface area (Å²) in [5.41, 5.74) is 0.185. The minimum Gasteiger partial charge on any atom is -0.460 e. The third-order valence-corrected chi connectivity index (χ3v) is 4.17. The molecule has 0 saturated carbocycles. The van der Waals surface area contributed by atoms with Crippen LogP contribution in [0.25, 0.3) is 0 Å². The summed E-state index contributed by atoms with van der Waals surface area (Å²) in [5, 5.41) is 14.1. The van der Waals surface area contributed by atoms with Crippen molar-refractivity contribution in [3.63, 3.8) is 0 Å². The van der Waals surface area contributed by atoms with Gasteiger partial charge in [0.15, 0.2) is 0 Å². The number of anilines is 1. The molecule has 1 aliphatic rings. The predicted octanol–water partition coefficient (Wildman–Crippen LogP) is 3.06. The van der Waals surface area contributed by atoms with Crippen molar-refractivity contribution >= 4 is 17.3 Å². The molecule has 0 aliphatic carbocycles. The summed E-state index contributed by atoms with van der Waals surface area (Å²) >= 11 is 0. The van der Waals surface area contributed by atoms with E-state index >= 15 is 0 Å². The largest absolute Gasteiger partial charge is 0.460 e. The van der Waals surface area contributed by atoms with Crippen LogP contribution in [0.5, 0.6) is 0 Å².